The van der Waals surface area contributed by atoms with E-state index < -0.39 is 0 Å². The topological polar surface area (TPSA) is 58.1 Å². The molecule has 1 amide bonds. The molecule has 0 radical (unpaired) electrons. The van der Waals surface area contributed by atoms with Crippen LogP contribution in [0.25, 0.3) is 0 Å². The minimum Gasteiger partial charge on any atom is -0.348 e. The van der Waals surface area contributed by atoms with Gasteiger partial charge < -0.3 is 5.32 Å². The van der Waals surface area contributed by atoms with E-state index in [2.05, 4.69) is 19.8 Å². The number of amides is 1. The molecular weight excluding hydrogens is 272 g/mol. The summed E-state index contributed by atoms with van der Waals surface area (Å²) in [4.78, 5) is 14.7. The van der Waals surface area contributed by atoms with Crippen LogP contribution >= 0.6 is 11.5 Å². The molecular formula is C14H22N4OS. The second-order valence-electron chi connectivity index (χ2n) is 6.00. The number of likely N-dealkylation sites (tertiary alicyclic amines) is 1. The summed E-state index contributed by atoms with van der Waals surface area (Å²) in [6.07, 6.45) is 6.72. The number of hydrogen-bond acceptors (Lipinski definition) is 5. The van der Waals surface area contributed by atoms with E-state index >= 15 is 0 Å². The third-order valence-electron chi connectivity index (χ3n) is 4.55. The molecule has 5 nitrogen and oxygen atoms in total. The Labute approximate surface area is 123 Å². The van der Waals surface area contributed by atoms with Gasteiger partial charge in [0.25, 0.3) is 0 Å². The van der Waals surface area contributed by atoms with Crippen molar-refractivity contribution in [1.29, 1.82) is 0 Å². The van der Waals surface area contributed by atoms with Gasteiger partial charge in [0.05, 0.1) is 17.7 Å². The molecule has 0 aromatic carbocycles. The maximum absolute atomic E-state index is 12.2. The second-order valence-corrected chi connectivity index (χ2v) is 6.61. The van der Waals surface area contributed by atoms with Gasteiger partial charge in [0.1, 0.15) is 0 Å². The van der Waals surface area contributed by atoms with E-state index in [1.165, 1.54) is 43.6 Å². The normalized spacial score (nSPS) is 23.2. The van der Waals surface area contributed by atoms with Crippen molar-refractivity contribution in [2.75, 3.05) is 13.1 Å². The van der Waals surface area contributed by atoms with Crippen molar-refractivity contribution in [3.05, 3.63) is 11.1 Å². The van der Waals surface area contributed by atoms with E-state index in [0.717, 1.165) is 24.8 Å². The number of carbonyl (C=O) groups excluding carboxylic acids is 1. The summed E-state index contributed by atoms with van der Waals surface area (Å²) in [6.45, 7) is 3.82. The van der Waals surface area contributed by atoms with E-state index in [1.807, 2.05) is 12.3 Å². The molecule has 3 rings (SSSR count). The van der Waals surface area contributed by atoms with Crippen LogP contribution in [0, 0.1) is 5.92 Å². The lowest BCUT2D eigenvalue weighted by Gasteiger charge is -2.45. The van der Waals surface area contributed by atoms with E-state index in [1.54, 1.807) is 0 Å². The Hall–Kier alpha value is -1.01. The summed E-state index contributed by atoms with van der Waals surface area (Å²) in [5.74, 6) is 0.323. The average Bonchev–Trinajstić information content (AvgIpc) is 2.92. The minimum atomic E-state index is -0.0371. The molecule has 2 heterocycles. The highest BCUT2D eigenvalue weighted by atomic mass is 32.1. The third kappa shape index (κ3) is 3.01. The SMILES string of the molecule is CC(NC(=O)C1CN(C2CCCCC2)C1)c1csnn1. The van der Waals surface area contributed by atoms with Crippen molar-refractivity contribution in [3.63, 3.8) is 0 Å². The lowest BCUT2D eigenvalue weighted by atomic mass is 9.88. The van der Waals surface area contributed by atoms with Crippen molar-refractivity contribution in [1.82, 2.24) is 19.8 Å². The molecule has 1 N–H and O–H groups in total. The van der Waals surface area contributed by atoms with Gasteiger partial charge in [0.15, 0.2) is 0 Å². The van der Waals surface area contributed by atoms with E-state index in [4.69, 9.17) is 0 Å². The second kappa shape index (κ2) is 6.18. The maximum Gasteiger partial charge on any atom is 0.226 e. The van der Waals surface area contributed by atoms with Crippen LogP contribution in [0.4, 0.5) is 0 Å². The fourth-order valence-electron chi connectivity index (χ4n) is 3.19. The highest BCUT2D eigenvalue weighted by Gasteiger charge is 2.37. The van der Waals surface area contributed by atoms with Crippen LogP contribution in [-0.4, -0.2) is 39.5 Å². The van der Waals surface area contributed by atoms with E-state index in [-0.39, 0.29) is 17.9 Å². The number of rotatable bonds is 4. The van der Waals surface area contributed by atoms with Gasteiger partial charge in [-0.15, -0.1) is 5.10 Å². The summed E-state index contributed by atoms with van der Waals surface area (Å²) in [6, 6.07) is 0.693. The standard InChI is InChI=1S/C14H22N4OS/c1-10(13-9-20-17-16-13)15-14(19)11-7-18(8-11)12-5-3-2-4-6-12/h9-12H,2-8H2,1H3,(H,15,19). The third-order valence-corrected chi connectivity index (χ3v) is 5.07. The van der Waals surface area contributed by atoms with Crippen LogP contribution < -0.4 is 5.32 Å². The Morgan fingerprint density at radius 3 is 2.80 bits per heavy atom. The Balaban J connectivity index is 1.43. The Morgan fingerprint density at radius 2 is 2.15 bits per heavy atom. The highest BCUT2D eigenvalue weighted by molar-refractivity contribution is 7.03. The summed E-state index contributed by atoms with van der Waals surface area (Å²) in [5, 5.41) is 8.94. The molecule has 0 bridgehead atoms. The van der Waals surface area contributed by atoms with Gasteiger partial charge in [0.2, 0.25) is 5.91 Å². The number of nitrogens with one attached hydrogen (secondary N) is 1. The summed E-state index contributed by atoms with van der Waals surface area (Å²) < 4.78 is 3.83. The van der Waals surface area contributed by atoms with Crippen LogP contribution in [0.15, 0.2) is 5.38 Å². The quantitative estimate of drug-likeness (QED) is 0.922. The van der Waals surface area contributed by atoms with Crippen molar-refractivity contribution in [2.45, 2.75) is 51.1 Å². The van der Waals surface area contributed by atoms with Gasteiger partial charge in [-0.3, -0.25) is 9.69 Å². The molecule has 1 aromatic heterocycles. The van der Waals surface area contributed by atoms with Crippen LogP contribution in [0.2, 0.25) is 0 Å². The van der Waals surface area contributed by atoms with Gasteiger partial charge in [-0.2, -0.15) is 0 Å². The molecule has 2 fully saturated rings. The Morgan fingerprint density at radius 1 is 1.40 bits per heavy atom. The van der Waals surface area contributed by atoms with E-state index in [0.29, 0.717) is 0 Å². The smallest absolute Gasteiger partial charge is 0.226 e. The molecule has 1 aliphatic carbocycles. The Bertz CT molecular complexity index is 438. The molecule has 1 saturated heterocycles. The minimum absolute atomic E-state index is 0.0371. The van der Waals surface area contributed by atoms with Crippen LogP contribution in [0.1, 0.15) is 50.8 Å². The Kier molecular flexibility index (Phi) is 4.31. The van der Waals surface area contributed by atoms with Crippen molar-refractivity contribution < 1.29 is 4.79 Å². The fraction of sp³-hybridized carbons (Fsp3) is 0.786. The maximum atomic E-state index is 12.2. The van der Waals surface area contributed by atoms with Crippen molar-refractivity contribution in [2.24, 2.45) is 5.92 Å². The first-order valence-electron chi connectivity index (χ1n) is 7.55. The average molecular weight is 294 g/mol. The van der Waals surface area contributed by atoms with E-state index in [9.17, 15) is 4.79 Å². The van der Waals surface area contributed by atoms with Crippen LogP contribution in [0.5, 0.6) is 0 Å². The predicted octanol–water partition coefficient (Wildman–Crippen LogP) is 1.98. The fourth-order valence-corrected chi connectivity index (χ4v) is 3.74. The predicted molar refractivity (Wildman–Crippen MR) is 78.4 cm³/mol. The molecule has 1 atom stereocenters. The molecule has 1 unspecified atom stereocenters. The zero-order chi connectivity index (χ0) is 13.9. The van der Waals surface area contributed by atoms with Gasteiger partial charge >= 0.3 is 0 Å². The molecule has 1 saturated carbocycles. The molecule has 110 valence electrons. The number of nitrogens with zero attached hydrogens (tertiary/aromatic N) is 3. The molecule has 20 heavy (non-hydrogen) atoms. The lowest BCUT2D eigenvalue weighted by Crippen LogP contribution is -2.57. The van der Waals surface area contributed by atoms with Gasteiger partial charge in [-0.25, -0.2) is 0 Å². The number of carbonyl (C=O) groups is 1. The lowest BCUT2D eigenvalue weighted by molar-refractivity contribution is -0.132. The molecule has 6 heteroatoms. The van der Waals surface area contributed by atoms with Crippen LogP contribution in [0.3, 0.4) is 0 Å². The molecule has 1 aliphatic heterocycles. The monoisotopic (exact) mass is 294 g/mol. The first kappa shape index (κ1) is 13.9. The first-order valence-corrected chi connectivity index (χ1v) is 8.39. The highest BCUT2D eigenvalue weighted by Crippen LogP contribution is 2.28. The van der Waals surface area contributed by atoms with Crippen molar-refractivity contribution in [3.8, 4) is 0 Å². The zero-order valence-electron chi connectivity index (χ0n) is 11.9. The summed E-state index contributed by atoms with van der Waals surface area (Å²) in [7, 11) is 0. The number of aromatic nitrogens is 2. The largest absolute Gasteiger partial charge is 0.348 e. The van der Waals surface area contributed by atoms with Crippen molar-refractivity contribution >= 4 is 17.4 Å². The molecule has 1 aromatic rings. The zero-order valence-corrected chi connectivity index (χ0v) is 12.7. The first-order chi connectivity index (χ1) is 9.74. The van der Waals surface area contributed by atoms with Gasteiger partial charge in [-0.05, 0) is 31.3 Å². The summed E-state index contributed by atoms with van der Waals surface area (Å²) >= 11 is 1.32. The number of hydrogen-bond donors (Lipinski definition) is 1. The van der Waals surface area contributed by atoms with Gasteiger partial charge in [0, 0.05) is 24.5 Å². The van der Waals surface area contributed by atoms with Gasteiger partial charge in [-0.1, -0.05) is 23.8 Å². The van der Waals surface area contributed by atoms with Crippen LogP contribution in [-0.2, 0) is 4.79 Å². The molecule has 2 aliphatic rings. The summed E-state index contributed by atoms with van der Waals surface area (Å²) in [5.41, 5.74) is 0.854. The molecule has 0 spiro atoms.